The first kappa shape index (κ1) is 18.7. The van der Waals surface area contributed by atoms with Crippen LogP contribution in [0, 0.1) is 0 Å². The molecule has 0 unspecified atom stereocenters. The fourth-order valence-electron chi connectivity index (χ4n) is 2.59. The number of aromatic nitrogens is 1. The lowest BCUT2D eigenvalue weighted by Crippen LogP contribution is -2.56. The van der Waals surface area contributed by atoms with E-state index in [1.54, 1.807) is 11.1 Å². The quantitative estimate of drug-likeness (QED) is 0.769. The number of nitrogens with zero attached hydrogens (tertiary/aromatic N) is 3. The minimum atomic E-state index is -0.513. The summed E-state index contributed by atoms with van der Waals surface area (Å²) in [5.41, 5.74) is 0.227. The average molecular weight is 398 g/mol. The second kappa shape index (κ2) is 7.51. The van der Waals surface area contributed by atoms with Gasteiger partial charge in [0.05, 0.1) is 6.42 Å². The van der Waals surface area contributed by atoms with Crippen molar-refractivity contribution in [1.29, 1.82) is 0 Å². The van der Waals surface area contributed by atoms with Crippen LogP contribution in [0.5, 0.6) is 0 Å². The number of ether oxygens (including phenoxy) is 1. The molecular weight excluding hydrogens is 374 g/mol. The van der Waals surface area contributed by atoms with Crippen LogP contribution in [0.4, 0.5) is 4.79 Å². The molecular formula is C17H24BrN3O3. The highest BCUT2D eigenvalue weighted by atomic mass is 79.9. The van der Waals surface area contributed by atoms with Crippen LogP contribution in [0.3, 0.4) is 0 Å². The number of pyridine rings is 1. The molecule has 0 saturated carbocycles. The summed E-state index contributed by atoms with van der Waals surface area (Å²) in [5, 5.41) is 0. The largest absolute Gasteiger partial charge is 0.444 e. The molecule has 1 aromatic heterocycles. The Morgan fingerprint density at radius 1 is 1.33 bits per heavy atom. The predicted molar refractivity (Wildman–Crippen MR) is 94.6 cm³/mol. The Kier molecular flexibility index (Phi) is 5.85. The SMILES string of the molecule is C[C@H]1CN(C(=O)OC(C)(C)C)CCN1C(=O)Cc1ccc(Br)cn1. The third-order valence-electron chi connectivity index (χ3n) is 3.72. The van der Waals surface area contributed by atoms with Crippen molar-refractivity contribution in [3.8, 4) is 0 Å². The van der Waals surface area contributed by atoms with Crippen molar-refractivity contribution in [3.05, 3.63) is 28.5 Å². The first-order valence-corrected chi connectivity index (χ1v) is 8.83. The highest BCUT2D eigenvalue weighted by molar-refractivity contribution is 9.10. The molecule has 1 saturated heterocycles. The Labute approximate surface area is 151 Å². The molecule has 2 heterocycles. The molecule has 0 spiro atoms. The number of rotatable bonds is 2. The first-order chi connectivity index (χ1) is 11.2. The number of halogens is 1. The number of piperazine rings is 1. The molecule has 0 N–H and O–H groups in total. The van der Waals surface area contributed by atoms with Crippen LogP contribution in [0.15, 0.2) is 22.8 Å². The maximum absolute atomic E-state index is 12.5. The number of hydrogen-bond donors (Lipinski definition) is 0. The first-order valence-electron chi connectivity index (χ1n) is 8.03. The molecule has 2 amide bonds. The second-order valence-electron chi connectivity index (χ2n) is 7.01. The van der Waals surface area contributed by atoms with Gasteiger partial charge in [-0.2, -0.15) is 0 Å². The van der Waals surface area contributed by atoms with E-state index < -0.39 is 5.60 Å². The Morgan fingerprint density at radius 3 is 2.58 bits per heavy atom. The van der Waals surface area contributed by atoms with Gasteiger partial charge >= 0.3 is 6.09 Å². The summed E-state index contributed by atoms with van der Waals surface area (Å²) in [6, 6.07) is 3.66. The van der Waals surface area contributed by atoms with Crippen LogP contribution in [0.25, 0.3) is 0 Å². The van der Waals surface area contributed by atoms with Crippen molar-refractivity contribution in [2.75, 3.05) is 19.6 Å². The number of amides is 2. The summed E-state index contributed by atoms with van der Waals surface area (Å²) in [6.45, 7) is 8.96. The average Bonchev–Trinajstić information content (AvgIpc) is 2.47. The van der Waals surface area contributed by atoms with E-state index in [9.17, 15) is 9.59 Å². The van der Waals surface area contributed by atoms with Gasteiger partial charge < -0.3 is 14.5 Å². The Balaban J connectivity index is 1.91. The summed E-state index contributed by atoms with van der Waals surface area (Å²) in [5.74, 6) is 0.0289. The second-order valence-corrected chi connectivity index (χ2v) is 7.92. The van der Waals surface area contributed by atoms with Gasteiger partial charge in [-0.15, -0.1) is 0 Å². The molecule has 24 heavy (non-hydrogen) atoms. The predicted octanol–water partition coefficient (Wildman–Crippen LogP) is 2.85. The molecule has 2 rings (SSSR count). The van der Waals surface area contributed by atoms with Gasteiger partial charge in [-0.3, -0.25) is 9.78 Å². The fraction of sp³-hybridized carbons (Fsp3) is 0.588. The molecule has 1 aliphatic heterocycles. The topological polar surface area (TPSA) is 62.7 Å². The zero-order valence-electron chi connectivity index (χ0n) is 14.6. The van der Waals surface area contributed by atoms with E-state index in [0.717, 1.165) is 10.2 Å². The lowest BCUT2D eigenvalue weighted by Gasteiger charge is -2.40. The monoisotopic (exact) mass is 397 g/mol. The van der Waals surface area contributed by atoms with Crippen LogP contribution in [-0.4, -0.2) is 58.1 Å². The van der Waals surface area contributed by atoms with Crippen molar-refractivity contribution < 1.29 is 14.3 Å². The maximum Gasteiger partial charge on any atom is 0.410 e. The van der Waals surface area contributed by atoms with Crippen LogP contribution in [0.2, 0.25) is 0 Å². The zero-order chi connectivity index (χ0) is 17.9. The molecule has 7 heteroatoms. The molecule has 6 nitrogen and oxygen atoms in total. The van der Waals surface area contributed by atoms with Gasteiger partial charge in [0.2, 0.25) is 5.91 Å². The van der Waals surface area contributed by atoms with E-state index >= 15 is 0 Å². The van der Waals surface area contributed by atoms with E-state index in [1.807, 2.05) is 44.7 Å². The molecule has 1 atom stereocenters. The van der Waals surface area contributed by atoms with Crippen molar-refractivity contribution in [3.63, 3.8) is 0 Å². The Morgan fingerprint density at radius 2 is 2.04 bits per heavy atom. The van der Waals surface area contributed by atoms with E-state index in [1.165, 1.54) is 0 Å². The third kappa shape index (κ3) is 5.19. The zero-order valence-corrected chi connectivity index (χ0v) is 16.2. The molecule has 0 radical (unpaired) electrons. The number of hydrogen-bond acceptors (Lipinski definition) is 4. The molecule has 0 bridgehead atoms. The fourth-order valence-corrected chi connectivity index (χ4v) is 2.82. The molecule has 0 aromatic carbocycles. The highest BCUT2D eigenvalue weighted by Gasteiger charge is 2.31. The summed E-state index contributed by atoms with van der Waals surface area (Å²) in [4.78, 5) is 32.4. The van der Waals surface area contributed by atoms with E-state index in [4.69, 9.17) is 4.74 Å². The van der Waals surface area contributed by atoms with Gasteiger partial charge in [0, 0.05) is 42.0 Å². The van der Waals surface area contributed by atoms with Gasteiger partial charge in [0.25, 0.3) is 0 Å². The van der Waals surface area contributed by atoms with E-state index in [2.05, 4.69) is 20.9 Å². The van der Waals surface area contributed by atoms with Crippen molar-refractivity contribution in [2.45, 2.75) is 45.8 Å². The highest BCUT2D eigenvalue weighted by Crippen LogP contribution is 2.16. The summed E-state index contributed by atoms with van der Waals surface area (Å²) in [7, 11) is 0. The molecule has 0 aliphatic carbocycles. The van der Waals surface area contributed by atoms with Crippen LogP contribution in [0.1, 0.15) is 33.4 Å². The van der Waals surface area contributed by atoms with Gasteiger partial charge in [0.15, 0.2) is 0 Å². The maximum atomic E-state index is 12.5. The van der Waals surface area contributed by atoms with Gasteiger partial charge in [-0.25, -0.2) is 4.79 Å². The summed E-state index contributed by atoms with van der Waals surface area (Å²) < 4.78 is 6.28. The number of carbonyl (C=O) groups excluding carboxylic acids is 2. The van der Waals surface area contributed by atoms with Crippen LogP contribution < -0.4 is 0 Å². The van der Waals surface area contributed by atoms with Gasteiger partial charge in [0.1, 0.15) is 5.60 Å². The Hall–Kier alpha value is -1.63. The molecule has 132 valence electrons. The van der Waals surface area contributed by atoms with Crippen molar-refractivity contribution in [2.24, 2.45) is 0 Å². The lowest BCUT2D eigenvalue weighted by atomic mass is 10.1. The minimum absolute atomic E-state index is 0.0289. The standard InChI is InChI=1S/C17H24BrN3O3/c1-12-11-20(16(23)24-17(2,3)4)7-8-21(12)15(22)9-14-6-5-13(18)10-19-14/h5-6,10,12H,7-9,11H2,1-4H3/t12-/m0/s1. The molecule has 1 aromatic rings. The normalized spacial score (nSPS) is 18.5. The summed E-state index contributed by atoms with van der Waals surface area (Å²) in [6.07, 6.45) is 1.63. The number of carbonyl (C=O) groups is 2. The lowest BCUT2D eigenvalue weighted by molar-refractivity contribution is -0.135. The molecule has 1 aliphatic rings. The minimum Gasteiger partial charge on any atom is -0.444 e. The van der Waals surface area contributed by atoms with Crippen molar-refractivity contribution in [1.82, 2.24) is 14.8 Å². The van der Waals surface area contributed by atoms with Crippen molar-refractivity contribution >= 4 is 27.9 Å². The van der Waals surface area contributed by atoms with Gasteiger partial charge in [-0.1, -0.05) is 0 Å². The van der Waals surface area contributed by atoms with E-state index in [0.29, 0.717) is 19.6 Å². The summed E-state index contributed by atoms with van der Waals surface area (Å²) >= 11 is 3.33. The van der Waals surface area contributed by atoms with Crippen LogP contribution in [-0.2, 0) is 16.0 Å². The third-order valence-corrected chi connectivity index (χ3v) is 4.19. The van der Waals surface area contributed by atoms with Gasteiger partial charge in [-0.05, 0) is 55.8 Å². The van der Waals surface area contributed by atoms with E-state index in [-0.39, 0.29) is 24.5 Å². The Bertz CT molecular complexity index is 598. The smallest absolute Gasteiger partial charge is 0.410 e. The van der Waals surface area contributed by atoms with Crippen LogP contribution >= 0.6 is 15.9 Å². The molecule has 1 fully saturated rings.